The van der Waals surface area contributed by atoms with E-state index >= 15 is 0 Å². The molecule has 1 N–H and O–H groups in total. The lowest BCUT2D eigenvalue weighted by atomic mass is 9.88. The lowest BCUT2D eigenvalue weighted by molar-refractivity contribution is 0.0629. The Balaban J connectivity index is 1.78. The molecule has 0 aromatic rings. The summed E-state index contributed by atoms with van der Waals surface area (Å²) in [6.07, 6.45) is 2.39. The van der Waals surface area contributed by atoms with Crippen molar-refractivity contribution in [3.8, 4) is 0 Å². The van der Waals surface area contributed by atoms with Crippen LogP contribution in [0.3, 0.4) is 0 Å². The van der Waals surface area contributed by atoms with E-state index in [0.29, 0.717) is 0 Å². The minimum Gasteiger partial charge on any atom is -0.396 e. The zero-order valence-electron chi connectivity index (χ0n) is 9.91. The van der Waals surface area contributed by atoms with Crippen LogP contribution in [0.15, 0.2) is 0 Å². The van der Waals surface area contributed by atoms with Crippen LogP contribution in [0.5, 0.6) is 0 Å². The van der Waals surface area contributed by atoms with Gasteiger partial charge in [0, 0.05) is 25.1 Å². The van der Waals surface area contributed by atoms with E-state index in [4.69, 9.17) is 4.74 Å². The third-order valence-corrected chi connectivity index (χ3v) is 3.95. The number of aliphatic hydroxyl groups is 1. The summed E-state index contributed by atoms with van der Waals surface area (Å²) in [7, 11) is 2.17. The minimum atomic E-state index is 0.0207. The normalized spacial score (nSPS) is 40.0. The van der Waals surface area contributed by atoms with Gasteiger partial charge >= 0.3 is 0 Å². The molecule has 3 nitrogen and oxygen atoms in total. The van der Waals surface area contributed by atoms with Crippen LogP contribution in [0, 0.1) is 17.3 Å². The molecule has 2 aliphatic rings. The average Bonchev–Trinajstić information content (AvgIpc) is 2.71. The maximum Gasteiger partial charge on any atom is 0.0557 e. The Hall–Kier alpha value is -0.120. The second kappa shape index (κ2) is 4.40. The average molecular weight is 213 g/mol. The van der Waals surface area contributed by atoms with Crippen LogP contribution >= 0.6 is 0 Å². The van der Waals surface area contributed by atoms with Gasteiger partial charge in [-0.3, -0.25) is 0 Å². The van der Waals surface area contributed by atoms with Gasteiger partial charge in [-0.05, 0) is 31.7 Å². The van der Waals surface area contributed by atoms with Gasteiger partial charge in [-0.1, -0.05) is 6.92 Å². The Morgan fingerprint density at radius 1 is 1.53 bits per heavy atom. The fourth-order valence-electron chi connectivity index (χ4n) is 2.64. The van der Waals surface area contributed by atoms with Gasteiger partial charge in [0.1, 0.15) is 0 Å². The van der Waals surface area contributed by atoms with Crippen LogP contribution in [0.4, 0.5) is 0 Å². The lowest BCUT2D eigenvalue weighted by Crippen LogP contribution is -2.39. The van der Waals surface area contributed by atoms with E-state index in [1.807, 2.05) is 0 Å². The number of nitrogens with zero attached hydrogens (tertiary/aromatic N) is 1. The van der Waals surface area contributed by atoms with E-state index in [2.05, 4.69) is 18.9 Å². The van der Waals surface area contributed by atoms with E-state index in [9.17, 15) is 5.11 Å². The molecule has 15 heavy (non-hydrogen) atoms. The largest absolute Gasteiger partial charge is 0.396 e. The first-order valence-electron chi connectivity index (χ1n) is 6.02. The molecule has 1 saturated heterocycles. The van der Waals surface area contributed by atoms with E-state index in [1.165, 1.54) is 13.0 Å². The topological polar surface area (TPSA) is 32.7 Å². The third-order valence-electron chi connectivity index (χ3n) is 3.95. The summed E-state index contributed by atoms with van der Waals surface area (Å²) in [4.78, 5) is 2.37. The highest BCUT2D eigenvalue weighted by molar-refractivity contribution is 4.89. The van der Waals surface area contributed by atoms with Crippen LogP contribution in [0.25, 0.3) is 0 Å². The van der Waals surface area contributed by atoms with Gasteiger partial charge in [0.2, 0.25) is 0 Å². The van der Waals surface area contributed by atoms with Crippen molar-refractivity contribution >= 4 is 0 Å². The molecule has 1 aliphatic heterocycles. The lowest BCUT2D eigenvalue weighted by Gasteiger charge is -2.30. The molecule has 88 valence electrons. The SMILES string of the molecule is CC1CC1CN(C)CC1(CO)CCOC1. The summed E-state index contributed by atoms with van der Waals surface area (Å²) in [5, 5.41) is 9.46. The molecule has 0 bridgehead atoms. The zero-order chi connectivity index (χ0) is 10.9. The van der Waals surface area contributed by atoms with E-state index in [-0.39, 0.29) is 12.0 Å². The van der Waals surface area contributed by atoms with Gasteiger partial charge in [0.05, 0.1) is 13.2 Å². The van der Waals surface area contributed by atoms with Crippen molar-refractivity contribution in [2.75, 3.05) is 40.0 Å². The van der Waals surface area contributed by atoms with Gasteiger partial charge in [-0.2, -0.15) is 0 Å². The van der Waals surface area contributed by atoms with Crippen LogP contribution in [0.2, 0.25) is 0 Å². The predicted octanol–water partition coefficient (Wildman–Crippen LogP) is 0.973. The highest BCUT2D eigenvalue weighted by Gasteiger charge is 2.38. The molecule has 1 heterocycles. The molecule has 0 amide bonds. The first-order chi connectivity index (χ1) is 7.15. The monoisotopic (exact) mass is 213 g/mol. The molecule has 1 saturated carbocycles. The second-order valence-electron chi connectivity index (χ2n) is 5.63. The van der Waals surface area contributed by atoms with Gasteiger partial charge in [0.15, 0.2) is 0 Å². The summed E-state index contributed by atoms with van der Waals surface area (Å²) >= 11 is 0. The highest BCUT2D eigenvalue weighted by Crippen LogP contribution is 2.38. The Bertz CT molecular complexity index is 214. The smallest absolute Gasteiger partial charge is 0.0557 e. The van der Waals surface area contributed by atoms with Crippen molar-refractivity contribution in [3.05, 3.63) is 0 Å². The summed E-state index contributed by atoms with van der Waals surface area (Å²) in [5.74, 6) is 1.81. The maximum atomic E-state index is 9.46. The van der Waals surface area contributed by atoms with Crippen LogP contribution in [0.1, 0.15) is 19.8 Å². The first-order valence-corrected chi connectivity index (χ1v) is 6.02. The van der Waals surface area contributed by atoms with Gasteiger partial charge in [-0.15, -0.1) is 0 Å². The molecule has 2 rings (SSSR count). The predicted molar refractivity (Wildman–Crippen MR) is 59.7 cm³/mol. The van der Waals surface area contributed by atoms with Crippen LogP contribution in [-0.2, 0) is 4.74 Å². The van der Waals surface area contributed by atoms with Crippen LogP contribution < -0.4 is 0 Å². The Morgan fingerprint density at radius 2 is 2.27 bits per heavy atom. The third kappa shape index (κ3) is 2.71. The molecule has 0 aromatic heterocycles. The minimum absolute atomic E-state index is 0.0207. The zero-order valence-corrected chi connectivity index (χ0v) is 9.91. The second-order valence-corrected chi connectivity index (χ2v) is 5.63. The molecule has 1 aliphatic carbocycles. The molecule has 0 aromatic carbocycles. The Labute approximate surface area is 92.4 Å². The highest BCUT2D eigenvalue weighted by atomic mass is 16.5. The molecule has 0 radical (unpaired) electrons. The number of aliphatic hydroxyl groups excluding tert-OH is 1. The summed E-state index contributed by atoms with van der Waals surface area (Å²) in [5.41, 5.74) is 0.0207. The van der Waals surface area contributed by atoms with Crippen molar-refractivity contribution in [1.82, 2.24) is 4.90 Å². The fraction of sp³-hybridized carbons (Fsp3) is 1.00. The van der Waals surface area contributed by atoms with Gasteiger partial charge in [0.25, 0.3) is 0 Å². The summed E-state index contributed by atoms with van der Waals surface area (Å²) < 4.78 is 5.41. The molecular weight excluding hydrogens is 190 g/mol. The molecule has 2 fully saturated rings. The van der Waals surface area contributed by atoms with Crippen molar-refractivity contribution in [3.63, 3.8) is 0 Å². The van der Waals surface area contributed by atoms with Crippen molar-refractivity contribution in [2.24, 2.45) is 17.3 Å². The first kappa shape index (κ1) is 11.4. The molecule has 3 unspecified atom stereocenters. The molecule has 3 heteroatoms. The van der Waals surface area contributed by atoms with E-state index < -0.39 is 0 Å². The number of rotatable bonds is 5. The van der Waals surface area contributed by atoms with Crippen molar-refractivity contribution in [2.45, 2.75) is 19.8 Å². The van der Waals surface area contributed by atoms with Crippen molar-refractivity contribution in [1.29, 1.82) is 0 Å². The van der Waals surface area contributed by atoms with Crippen molar-refractivity contribution < 1.29 is 9.84 Å². The fourth-order valence-corrected chi connectivity index (χ4v) is 2.64. The summed E-state index contributed by atoms with van der Waals surface area (Å²) in [6, 6.07) is 0. The molecular formula is C12H23NO2. The summed E-state index contributed by atoms with van der Waals surface area (Å²) in [6.45, 7) is 6.29. The standard InChI is InChI=1S/C12H23NO2/c1-10-5-11(10)6-13(2)7-12(8-14)3-4-15-9-12/h10-11,14H,3-9H2,1-2H3. The number of ether oxygens (including phenoxy) is 1. The van der Waals surface area contributed by atoms with Crippen LogP contribution in [-0.4, -0.2) is 50.0 Å². The number of hydrogen-bond donors (Lipinski definition) is 1. The Morgan fingerprint density at radius 3 is 2.73 bits per heavy atom. The van der Waals surface area contributed by atoms with Gasteiger partial charge in [-0.25, -0.2) is 0 Å². The molecule has 3 atom stereocenters. The molecule has 0 spiro atoms. The number of hydrogen-bond acceptors (Lipinski definition) is 3. The van der Waals surface area contributed by atoms with E-state index in [0.717, 1.165) is 38.0 Å². The quantitative estimate of drug-likeness (QED) is 0.739. The maximum absolute atomic E-state index is 9.46. The Kier molecular flexibility index (Phi) is 3.33. The van der Waals surface area contributed by atoms with Gasteiger partial charge < -0.3 is 14.7 Å². The van der Waals surface area contributed by atoms with E-state index in [1.54, 1.807) is 0 Å².